The Labute approximate surface area is 191 Å². The van der Waals surface area contributed by atoms with Crippen molar-refractivity contribution in [1.82, 2.24) is 20.1 Å². The van der Waals surface area contributed by atoms with Crippen LogP contribution in [-0.4, -0.2) is 78.7 Å². The molecular formula is C24H27N5O4. The van der Waals surface area contributed by atoms with Crippen molar-refractivity contribution < 1.29 is 18.4 Å². The van der Waals surface area contributed by atoms with Crippen molar-refractivity contribution in [3.8, 4) is 0 Å². The highest BCUT2D eigenvalue weighted by atomic mass is 16.3. The molecule has 9 heteroatoms. The van der Waals surface area contributed by atoms with Gasteiger partial charge in [0.15, 0.2) is 5.76 Å². The van der Waals surface area contributed by atoms with Crippen LogP contribution in [0.3, 0.4) is 0 Å². The molecule has 0 bridgehead atoms. The Morgan fingerprint density at radius 3 is 2.52 bits per heavy atom. The van der Waals surface area contributed by atoms with E-state index in [1.807, 2.05) is 42.5 Å². The van der Waals surface area contributed by atoms with E-state index in [1.165, 1.54) is 5.01 Å². The number of carbonyl (C=O) groups excluding carboxylic acids is 2. The molecule has 1 N–H and O–H groups in total. The third-order valence-corrected chi connectivity index (χ3v) is 6.22. The van der Waals surface area contributed by atoms with E-state index in [0.29, 0.717) is 24.5 Å². The lowest BCUT2D eigenvalue weighted by Gasteiger charge is -2.34. The van der Waals surface area contributed by atoms with Crippen molar-refractivity contribution >= 4 is 28.5 Å². The molecule has 0 spiro atoms. The number of carbonyl (C=O) groups is 2. The standard InChI is InChI=1S/C24H27N5O4/c1-25-23(30)15-27-8-10-28(11-9-27)16-24(31)29-19(21-7-4-12-32-21)14-18(26-29)22-13-17-5-2-3-6-20(17)33-22/h2-7,12-13,19H,8-11,14-16H2,1H3,(H,25,30)/t19-/m1/s1. The van der Waals surface area contributed by atoms with Gasteiger partial charge in [-0.1, -0.05) is 18.2 Å². The Morgan fingerprint density at radius 2 is 1.82 bits per heavy atom. The molecule has 9 nitrogen and oxygen atoms in total. The molecule has 4 heterocycles. The number of nitrogens with zero attached hydrogens (tertiary/aromatic N) is 4. The predicted octanol–water partition coefficient (Wildman–Crippen LogP) is 2.07. The maximum absolute atomic E-state index is 13.3. The van der Waals surface area contributed by atoms with Gasteiger partial charge in [-0.25, -0.2) is 5.01 Å². The highest BCUT2D eigenvalue weighted by molar-refractivity contribution is 6.03. The quantitative estimate of drug-likeness (QED) is 0.619. The molecule has 0 unspecified atom stereocenters. The van der Waals surface area contributed by atoms with Gasteiger partial charge in [0, 0.05) is 45.0 Å². The topological polar surface area (TPSA) is 94.5 Å². The van der Waals surface area contributed by atoms with Crippen LogP contribution in [-0.2, 0) is 9.59 Å². The third-order valence-electron chi connectivity index (χ3n) is 6.22. The minimum atomic E-state index is -0.301. The minimum Gasteiger partial charge on any atom is -0.467 e. The molecule has 0 aliphatic carbocycles. The van der Waals surface area contributed by atoms with E-state index < -0.39 is 0 Å². The number of likely N-dealkylation sites (N-methyl/N-ethyl adjacent to an activating group) is 1. The molecule has 1 aromatic carbocycles. The maximum atomic E-state index is 13.3. The number of para-hydroxylation sites is 1. The van der Waals surface area contributed by atoms with Gasteiger partial charge < -0.3 is 14.2 Å². The summed E-state index contributed by atoms with van der Waals surface area (Å²) in [6.45, 7) is 3.59. The van der Waals surface area contributed by atoms with Gasteiger partial charge in [0.05, 0.1) is 19.4 Å². The Balaban J connectivity index is 1.30. The zero-order valence-corrected chi connectivity index (χ0v) is 18.6. The summed E-state index contributed by atoms with van der Waals surface area (Å²) in [7, 11) is 1.64. The number of piperazine rings is 1. The number of fused-ring (bicyclic) bond motifs is 1. The predicted molar refractivity (Wildman–Crippen MR) is 123 cm³/mol. The molecule has 33 heavy (non-hydrogen) atoms. The molecule has 2 aromatic heterocycles. The van der Waals surface area contributed by atoms with Gasteiger partial charge in [-0.05, 0) is 24.3 Å². The molecule has 2 aliphatic heterocycles. The lowest BCUT2D eigenvalue weighted by Crippen LogP contribution is -2.51. The molecule has 1 saturated heterocycles. The van der Waals surface area contributed by atoms with E-state index in [2.05, 4.69) is 20.2 Å². The monoisotopic (exact) mass is 449 g/mol. The number of hydrazone groups is 1. The molecule has 2 aliphatic rings. The van der Waals surface area contributed by atoms with Crippen LogP contribution in [0.5, 0.6) is 0 Å². The zero-order chi connectivity index (χ0) is 22.8. The normalized spacial score (nSPS) is 19.7. The molecule has 0 radical (unpaired) electrons. The van der Waals surface area contributed by atoms with Gasteiger partial charge in [0.2, 0.25) is 5.91 Å². The fraction of sp³-hybridized carbons (Fsp3) is 0.375. The second-order valence-corrected chi connectivity index (χ2v) is 8.39. The van der Waals surface area contributed by atoms with Crippen molar-refractivity contribution in [2.24, 2.45) is 5.10 Å². The van der Waals surface area contributed by atoms with Crippen molar-refractivity contribution in [2.45, 2.75) is 12.5 Å². The van der Waals surface area contributed by atoms with Crippen molar-refractivity contribution in [3.63, 3.8) is 0 Å². The Kier molecular flexibility index (Phi) is 5.97. The van der Waals surface area contributed by atoms with E-state index in [9.17, 15) is 9.59 Å². The van der Waals surface area contributed by atoms with Crippen LogP contribution >= 0.6 is 0 Å². The van der Waals surface area contributed by atoms with Crippen LogP contribution in [0, 0.1) is 0 Å². The van der Waals surface area contributed by atoms with Crippen LogP contribution in [0.2, 0.25) is 0 Å². The first kappa shape index (κ1) is 21.4. The van der Waals surface area contributed by atoms with Gasteiger partial charge in [-0.15, -0.1) is 0 Å². The summed E-state index contributed by atoms with van der Waals surface area (Å²) in [6, 6.07) is 13.2. The van der Waals surface area contributed by atoms with E-state index in [1.54, 1.807) is 13.3 Å². The lowest BCUT2D eigenvalue weighted by molar-refractivity contribution is -0.135. The van der Waals surface area contributed by atoms with E-state index in [4.69, 9.17) is 8.83 Å². The molecule has 1 atom stereocenters. The lowest BCUT2D eigenvalue weighted by atomic mass is 10.1. The van der Waals surface area contributed by atoms with Gasteiger partial charge in [-0.2, -0.15) is 5.10 Å². The SMILES string of the molecule is CNC(=O)CN1CCN(CC(=O)N2N=C(c3cc4ccccc4o3)C[C@@H]2c2ccco2)CC1. The maximum Gasteiger partial charge on any atom is 0.257 e. The summed E-state index contributed by atoms with van der Waals surface area (Å²) < 4.78 is 11.6. The molecule has 2 amide bonds. The largest absolute Gasteiger partial charge is 0.467 e. The first-order valence-corrected chi connectivity index (χ1v) is 11.2. The fourth-order valence-electron chi connectivity index (χ4n) is 4.37. The smallest absolute Gasteiger partial charge is 0.257 e. The number of amides is 2. The average molecular weight is 450 g/mol. The van der Waals surface area contributed by atoms with Gasteiger partial charge in [-0.3, -0.25) is 19.4 Å². The highest BCUT2D eigenvalue weighted by Crippen LogP contribution is 2.34. The minimum absolute atomic E-state index is 0.00494. The molecule has 1 fully saturated rings. The average Bonchev–Trinajstić information content (AvgIpc) is 3.58. The number of hydrogen-bond donors (Lipinski definition) is 1. The molecular weight excluding hydrogens is 422 g/mol. The number of nitrogens with one attached hydrogen (secondary N) is 1. The van der Waals surface area contributed by atoms with E-state index in [-0.39, 0.29) is 24.4 Å². The first-order chi connectivity index (χ1) is 16.1. The molecule has 0 saturated carbocycles. The van der Waals surface area contributed by atoms with Crippen LogP contribution in [0.25, 0.3) is 11.0 Å². The second-order valence-electron chi connectivity index (χ2n) is 8.39. The van der Waals surface area contributed by atoms with Gasteiger partial charge in [0.25, 0.3) is 5.91 Å². The summed E-state index contributed by atoms with van der Waals surface area (Å²) in [4.78, 5) is 29.1. The zero-order valence-electron chi connectivity index (χ0n) is 18.6. The fourth-order valence-corrected chi connectivity index (χ4v) is 4.37. The van der Waals surface area contributed by atoms with Crippen LogP contribution < -0.4 is 5.32 Å². The summed E-state index contributed by atoms with van der Waals surface area (Å²) in [5.41, 5.74) is 1.53. The van der Waals surface area contributed by atoms with Crippen molar-refractivity contribution in [2.75, 3.05) is 46.3 Å². The molecule has 172 valence electrons. The van der Waals surface area contributed by atoms with E-state index >= 15 is 0 Å². The second kappa shape index (κ2) is 9.21. The van der Waals surface area contributed by atoms with Crippen molar-refractivity contribution in [3.05, 3.63) is 60.2 Å². The van der Waals surface area contributed by atoms with E-state index in [0.717, 1.165) is 42.9 Å². The van der Waals surface area contributed by atoms with Gasteiger partial charge >= 0.3 is 0 Å². The highest BCUT2D eigenvalue weighted by Gasteiger charge is 2.36. The van der Waals surface area contributed by atoms with Crippen LogP contribution in [0.1, 0.15) is 24.0 Å². The molecule has 3 aromatic rings. The van der Waals surface area contributed by atoms with Gasteiger partial charge in [0.1, 0.15) is 23.1 Å². The number of benzene rings is 1. The Hall–Kier alpha value is -3.43. The van der Waals surface area contributed by atoms with Crippen LogP contribution in [0.15, 0.2) is 62.7 Å². The summed E-state index contributed by atoms with van der Waals surface area (Å²) in [6.07, 6.45) is 2.14. The number of furan rings is 2. The third kappa shape index (κ3) is 4.55. The summed E-state index contributed by atoms with van der Waals surface area (Å²) in [5.74, 6) is 1.30. The van der Waals surface area contributed by atoms with Crippen molar-refractivity contribution in [1.29, 1.82) is 0 Å². The van der Waals surface area contributed by atoms with Crippen LogP contribution in [0.4, 0.5) is 0 Å². The number of hydrogen-bond acceptors (Lipinski definition) is 7. The first-order valence-electron chi connectivity index (χ1n) is 11.2. The Bertz CT molecular complexity index is 1130. The molecule has 5 rings (SSSR count). The summed E-state index contributed by atoms with van der Waals surface area (Å²) in [5, 5.41) is 9.87. The summed E-state index contributed by atoms with van der Waals surface area (Å²) >= 11 is 0. The Morgan fingerprint density at radius 1 is 1.06 bits per heavy atom. The number of rotatable bonds is 6.